The van der Waals surface area contributed by atoms with Gasteiger partial charge >= 0.3 is 0 Å². The first kappa shape index (κ1) is 21.3. The third-order valence-corrected chi connectivity index (χ3v) is 3.79. The molecule has 1 rings (SSSR count). The van der Waals surface area contributed by atoms with Gasteiger partial charge in [0.2, 0.25) is 0 Å². The lowest BCUT2D eigenvalue weighted by Crippen LogP contribution is -2.28. The van der Waals surface area contributed by atoms with Gasteiger partial charge in [0.1, 0.15) is 11.6 Å². The van der Waals surface area contributed by atoms with E-state index in [2.05, 4.69) is 15.5 Å². The Bertz CT molecular complexity index is 665. The molecule has 0 fully saturated rings. The second-order valence-corrected chi connectivity index (χ2v) is 6.09. The van der Waals surface area contributed by atoms with Gasteiger partial charge in [-0.15, -0.1) is 0 Å². The summed E-state index contributed by atoms with van der Waals surface area (Å²) in [6, 6.07) is 7.08. The van der Waals surface area contributed by atoms with E-state index in [1.807, 2.05) is 33.2 Å². The fourth-order valence-corrected chi connectivity index (χ4v) is 2.30. The summed E-state index contributed by atoms with van der Waals surface area (Å²) in [6.45, 7) is 3.48. The van der Waals surface area contributed by atoms with Crippen molar-refractivity contribution < 1.29 is 14.3 Å². The van der Waals surface area contributed by atoms with Gasteiger partial charge in [-0.05, 0) is 51.7 Å². The van der Waals surface area contributed by atoms with Crippen LogP contribution in [-0.4, -0.2) is 52.2 Å². The SMILES string of the molecule is COc1ccc(C(C)NC(=O)/C(C#N)=C\NCCCN(C)C)cc1OC. The number of ether oxygens (including phenoxy) is 2. The van der Waals surface area contributed by atoms with E-state index in [4.69, 9.17) is 9.47 Å². The van der Waals surface area contributed by atoms with Gasteiger partial charge in [0.05, 0.1) is 20.3 Å². The Morgan fingerprint density at radius 1 is 1.31 bits per heavy atom. The van der Waals surface area contributed by atoms with Crippen LogP contribution >= 0.6 is 0 Å². The van der Waals surface area contributed by atoms with Crippen molar-refractivity contribution in [2.75, 3.05) is 41.4 Å². The van der Waals surface area contributed by atoms with Crippen molar-refractivity contribution in [3.8, 4) is 17.6 Å². The molecule has 0 aliphatic carbocycles. The number of nitrogens with one attached hydrogen (secondary N) is 2. The van der Waals surface area contributed by atoms with E-state index in [1.54, 1.807) is 26.4 Å². The number of hydrogen-bond donors (Lipinski definition) is 2. The maximum atomic E-state index is 12.3. The van der Waals surface area contributed by atoms with Crippen molar-refractivity contribution in [1.82, 2.24) is 15.5 Å². The first-order valence-corrected chi connectivity index (χ1v) is 8.44. The van der Waals surface area contributed by atoms with Crippen LogP contribution in [0.2, 0.25) is 0 Å². The normalized spacial score (nSPS) is 12.3. The summed E-state index contributed by atoms with van der Waals surface area (Å²) in [4.78, 5) is 14.4. The number of rotatable bonds is 10. The third-order valence-electron chi connectivity index (χ3n) is 3.79. The van der Waals surface area contributed by atoms with Gasteiger partial charge in [-0.3, -0.25) is 4.79 Å². The molecule has 0 heterocycles. The molecular weight excluding hydrogens is 332 g/mol. The van der Waals surface area contributed by atoms with Gasteiger partial charge in [-0.2, -0.15) is 5.26 Å². The Morgan fingerprint density at radius 3 is 2.58 bits per heavy atom. The monoisotopic (exact) mass is 360 g/mol. The zero-order chi connectivity index (χ0) is 19.5. The first-order chi connectivity index (χ1) is 12.4. The highest BCUT2D eigenvalue weighted by Crippen LogP contribution is 2.29. The molecule has 0 aliphatic heterocycles. The van der Waals surface area contributed by atoms with Crippen molar-refractivity contribution in [3.05, 3.63) is 35.5 Å². The lowest BCUT2D eigenvalue weighted by molar-refractivity contribution is -0.117. The molecule has 142 valence electrons. The summed E-state index contributed by atoms with van der Waals surface area (Å²) in [7, 11) is 7.13. The van der Waals surface area contributed by atoms with Crippen LogP contribution in [0.4, 0.5) is 0 Å². The molecular formula is C19H28N4O3. The smallest absolute Gasteiger partial charge is 0.263 e. The van der Waals surface area contributed by atoms with Gasteiger partial charge in [-0.25, -0.2) is 0 Å². The second kappa shape index (κ2) is 11.0. The van der Waals surface area contributed by atoms with Crippen LogP contribution in [0.25, 0.3) is 0 Å². The summed E-state index contributed by atoms with van der Waals surface area (Å²) in [5, 5.41) is 15.0. The van der Waals surface area contributed by atoms with Crippen molar-refractivity contribution in [3.63, 3.8) is 0 Å². The van der Waals surface area contributed by atoms with Crippen molar-refractivity contribution in [1.29, 1.82) is 5.26 Å². The van der Waals surface area contributed by atoms with E-state index in [-0.39, 0.29) is 11.6 Å². The molecule has 0 aliphatic rings. The average Bonchev–Trinajstić information content (AvgIpc) is 2.63. The minimum atomic E-state index is -0.421. The summed E-state index contributed by atoms with van der Waals surface area (Å²) >= 11 is 0. The average molecular weight is 360 g/mol. The Kier molecular flexibility index (Phi) is 9.02. The Balaban J connectivity index is 2.68. The van der Waals surface area contributed by atoms with Crippen LogP contribution in [0.15, 0.2) is 30.0 Å². The van der Waals surface area contributed by atoms with Gasteiger partial charge in [0.15, 0.2) is 11.5 Å². The number of hydrogen-bond acceptors (Lipinski definition) is 6. The summed E-state index contributed by atoms with van der Waals surface area (Å²) in [5.41, 5.74) is 0.898. The molecule has 7 heteroatoms. The van der Waals surface area contributed by atoms with Crippen LogP contribution in [-0.2, 0) is 4.79 Å². The lowest BCUT2D eigenvalue weighted by Gasteiger charge is -2.16. The largest absolute Gasteiger partial charge is 0.493 e. The maximum Gasteiger partial charge on any atom is 0.263 e. The summed E-state index contributed by atoms with van der Waals surface area (Å²) in [6.07, 6.45) is 2.39. The summed E-state index contributed by atoms with van der Waals surface area (Å²) in [5.74, 6) is 0.786. The summed E-state index contributed by atoms with van der Waals surface area (Å²) < 4.78 is 10.5. The third kappa shape index (κ3) is 6.65. The number of nitriles is 1. The van der Waals surface area contributed by atoms with E-state index in [0.29, 0.717) is 18.0 Å². The quantitative estimate of drug-likeness (QED) is 0.376. The molecule has 1 aromatic carbocycles. The molecule has 26 heavy (non-hydrogen) atoms. The fourth-order valence-electron chi connectivity index (χ4n) is 2.30. The van der Waals surface area contributed by atoms with Gasteiger partial charge in [0, 0.05) is 12.7 Å². The molecule has 0 bridgehead atoms. The van der Waals surface area contributed by atoms with Crippen molar-refractivity contribution >= 4 is 5.91 Å². The lowest BCUT2D eigenvalue weighted by atomic mass is 10.1. The topological polar surface area (TPSA) is 86.6 Å². The second-order valence-electron chi connectivity index (χ2n) is 6.09. The molecule has 1 atom stereocenters. The Hall–Kier alpha value is -2.72. The Morgan fingerprint density at radius 2 is 2.00 bits per heavy atom. The first-order valence-electron chi connectivity index (χ1n) is 8.44. The van der Waals surface area contributed by atoms with Gasteiger partial charge in [-0.1, -0.05) is 6.07 Å². The van der Waals surface area contributed by atoms with E-state index < -0.39 is 5.91 Å². The fraction of sp³-hybridized carbons (Fsp3) is 0.474. The van der Waals surface area contributed by atoms with E-state index in [0.717, 1.165) is 18.5 Å². The van der Waals surface area contributed by atoms with Crippen LogP contribution in [0.1, 0.15) is 24.9 Å². The van der Waals surface area contributed by atoms with Crippen LogP contribution < -0.4 is 20.1 Å². The van der Waals surface area contributed by atoms with Crippen molar-refractivity contribution in [2.45, 2.75) is 19.4 Å². The maximum absolute atomic E-state index is 12.3. The molecule has 0 saturated heterocycles. The number of benzene rings is 1. The van der Waals surface area contributed by atoms with Crippen LogP contribution in [0, 0.1) is 11.3 Å². The molecule has 0 aromatic heterocycles. The minimum absolute atomic E-state index is 0.0437. The van der Waals surface area contributed by atoms with E-state index >= 15 is 0 Å². The number of amides is 1. The number of carbonyl (C=O) groups is 1. The zero-order valence-electron chi connectivity index (χ0n) is 16.1. The predicted molar refractivity (Wildman–Crippen MR) is 101 cm³/mol. The molecule has 2 N–H and O–H groups in total. The Labute approximate surface area is 155 Å². The molecule has 0 radical (unpaired) electrons. The number of carbonyl (C=O) groups excluding carboxylic acids is 1. The van der Waals surface area contributed by atoms with Crippen LogP contribution in [0.5, 0.6) is 11.5 Å². The predicted octanol–water partition coefficient (Wildman–Crippen LogP) is 1.83. The highest BCUT2D eigenvalue weighted by molar-refractivity contribution is 5.97. The van der Waals surface area contributed by atoms with Crippen LogP contribution in [0.3, 0.4) is 0 Å². The number of nitrogens with zero attached hydrogens (tertiary/aromatic N) is 2. The number of methoxy groups -OCH3 is 2. The van der Waals surface area contributed by atoms with Gasteiger partial charge < -0.3 is 25.0 Å². The molecule has 1 unspecified atom stereocenters. The molecule has 0 saturated carbocycles. The molecule has 1 amide bonds. The van der Waals surface area contributed by atoms with E-state index in [1.165, 1.54) is 6.20 Å². The van der Waals surface area contributed by atoms with E-state index in [9.17, 15) is 10.1 Å². The van der Waals surface area contributed by atoms with Crippen molar-refractivity contribution in [2.24, 2.45) is 0 Å². The highest BCUT2D eigenvalue weighted by atomic mass is 16.5. The highest BCUT2D eigenvalue weighted by Gasteiger charge is 2.15. The molecule has 7 nitrogen and oxygen atoms in total. The minimum Gasteiger partial charge on any atom is -0.493 e. The molecule has 0 spiro atoms. The standard InChI is InChI=1S/C19H28N4O3/c1-14(15-7-8-17(25-4)18(11-15)26-5)22-19(24)16(12-20)13-21-9-6-10-23(2)3/h7-8,11,13-14,21H,6,9-10H2,1-5H3,(H,22,24)/b16-13-. The molecule has 1 aromatic rings. The van der Waals surface area contributed by atoms with Gasteiger partial charge in [0.25, 0.3) is 5.91 Å². The zero-order valence-corrected chi connectivity index (χ0v) is 16.1.